The molecule has 0 aliphatic rings. The molecule has 0 amide bonds. The predicted molar refractivity (Wildman–Crippen MR) is 354 cm³/mol. The average Bonchev–Trinajstić information content (AvgIpc) is 3.46. The van der Waals surface area contributed by atoms with Gasteiger partial charge in [-0.25, -0.2) is 4.79 Å². The standard InChI is InChI=1S/C74H123NO8/c1-6-8-10-12-14-16-18-20-22-24-26-28-29-30-31-32-33-34-35-36-37-38-39-40-41-42-43-45-47-49-51-53-55-57-59-61-63-65-72(77)83-70(69-82-74(73(78)79)80-67-66-75(3,4)5)68-81-71(76)64-62-60-58-56-54-52-50-48-46-44-27-25-23-21-19-17-15-13-11-9-7-2/h8,10,14,16,20,22,26,28,30-31,33-34,36-37,39-40,42-43,47,49,53,55,70,74H,6-7,9,11-13,15,17-19,21,23-25,27,29,32,35,38,41,44-46,48,50-52,54,56-69H2,1-5H3/p+1/b10-8-,16-14-,22-20-,28-26-,31-30-,34-33-,37-36-,40-39-,43-42-,49-47-,55-53-. The van der Waals surface area contributed by atoms with E-state index in [0.29, 0.717) is 23.9 Å². The first-order chi connectivity index (χ1) is 40.6. The lowest BCUT2D eigenvalue weighted by Gasteiger charge is -2.25. The van der Waals surface area contributed by atoms with E-state index in [-0.39, 0.29) is 32.2 Å². The van der Waals surface area contributed by atoms with Crippen LogP contribution in [0, 0.1) is 0 Å². The summed E-state index contributed by atoms with van der Waals surface area (Å²) < 4.78 is 22.9. The summed E-state index contributed by atoms with van der Waals surface area (Å²) in [4.78, 5) is 37.5. The van der Waals surface area contributed by atoms with Crippen LogP contribution in [0.4, 0.5) is 0 Å². The number of unbranched alkanes of at least 4 members (excludes halogenated alkanes) is 23. The van der Waals surface area contributed by atoms with Crippen LogP contribution in [-0.2, 0) is 33.3 Å². The molecular formula is C74H124NO8+. The number of esters is 2. The summed E-state index contributed by atoms with van der Waals surface area (Å²) in [5, 5.41) is 9.73. The topological polar surface area (TPSA) is 108 Å². The fraction of sp³-hybridized carbons (Fsp3) is 0.662. The number of hydrogen-bond donors (Lipinski definition) is 1. The first-order valence-corrected chi connectivity index (χ1v) is 33.3. The monoisotopic (exact) mass is 1150 g/mol. The second kappa shape index (κ2) is 63.5. The van der Waals surface area contributed by atoms with Crippen molar-refractivity contribution in [1.82, 2.24) is 0 Å². The SMILES string of the molecule is CC/C=C\C/C=C\C/C=C\C/C=C\C/C=C\C/C=C\C/C=C\C/C=C\C/C=C\C/C=C\C/C=C\CCCCCC(=O)OC(COC(=O)CCCCCCCCCCCCCCCCCCCCCCC)COC(OCC[N+](C)(C)C)C(=O)O. The summed E-state index contributed by atoms with van der Waals surface area (Å²) >= 11 is 0. The van der Waals surface area contributed by atoms with Gasteiger partial charge in [0.05, 0.1) is 34.4 Å². The highest BCUT2D eigenvalue weighted by Crippen LogP contribution is 2.16. The van der Waals surface area contributed by atoms with Crippen LogP contribution in [0.3, 0.4) is 0 Å². The highest BCUT2D eigenvalue weighted by Gasteiger charge is 2.25. The third-order valence-electron chi connectivity index (χ3n) is 13.9. The lowest BCUT2D eigenvalue weighted by atomic mass is 10.0. The Morgan fingerprint density at radius 2 is 0.687 bits per heavy atom. The number of quaternary nitrogens is 1. The van der Waals surface area contributed by atoms with E-state index in [2.05, 4.69) is 148 Å². The maximum atomic E-state index is 12.9. The third kappa shape index (κ3) is 64.8. The molecule has 0 rings (SSSR count). The van der Waals surface area contributed by atoms with Crippen LogP contribution < -0.4 is 0 Å². The van der Waals surface area contributed by atoms with Crippen molar-refractivity contribution >= 4 is 17.9 Å². The minimum Gasteiger partial charge on any atom is -0.477 e. The zero-order valence-electron chi connectivity index (χ0n) is 53.8. The highest BCUT2D eigenvalue weighted by atomic mass is 16.7. The molecule has 9 nitrogen and oxygen atoms in total. The van der Waals surface area contributed by atoms with Gasteiger partial charge in [-0.1, -0.05) is 282 Å². The molecule has 0 aromatic rings. The molecule has 0 aromatic heterocycles. The number of carbonyl (C=O) groups excluding carboxylic acids is 2. The van der Waals surface area contributed by atoms with Crippen LogP contribution in [0.25, 0.3) is 0 Å². The molecule has 0 aliphatic carbocycles. The Bertz CT molecular complexity index is 1820. The summed E-state index contributed by atoms with van der Waals surface area (Å²) in [6, 6.07) is 0. The minimum absolute atomic E-state index is 0.175. The van der Waals surface area contributed by atoms with Crippen LogP contribution in [0.15, 0.2) is 134 Å². The molecule has 1 N–H and O–H groups in total. The summed E-state index contributed by atoms with van der Waals surface area (Å²) in [5.74, 6) is -2.05. The summed E-state index contributed by atoms with van der Waals surface area (Å²) in [7, 11) is 5.96. The number of carbonyl (C=O) groups is 3. The summed E-state index contributed by atoms with van der Waals surface area (Å²) in [6.45, 7) is 4.73. The second-order valence-corrected chi connectivity index (χ2v) is 23.1. The lowest BCUT2D eigenvalue weighted by molar-refractivity contribution is -0.870. The minimum atomic E-state index is -1.53. The van der Waals surface area contributed by atoms with Gasteiger partial charge in [0, 0.05) is 12.8 Å². The van der Waals surface area contributed by atoms with Crippen LogP contribution in [0.1, 0.15) is 258 Å². The zero-order chi connectivity index (χ0) is 60.5. The first kappa shape index (κ1) is 78.4. The zero-order valence-corrected chi connectivity index (χ0v) is 53.8. The Labute approximate surface area is 509 Å². The van der Waals surface area contributed by atoms with Gasteiger partial charge in [-0.3, -0.25) is 9.59 Å². The molecular weight excluding hydrogens is 1030 g/mol. The number of nitrogens with zero attached hydrogens (tertiary/aromatic N) is 1. The van der Waals surface area contributed by atoms with E-state index in [4.69, 9.17) is 18.9 Å². The Morgan fingerprint density at radius 3 is 1.02 bits per heavy atom. The van der Waals surface area contributed by atoms with Crippen LogP contribution in [0.5, 0.6) is 0 Å². The maximum Gasteiger partial charge on any atom is 0.361 e. The molecule has 0 heterocycles. The van der Waals surface area contributed by atoms with E-state index in [9.17, 15) is 19.5 Å². The van der Waals surface area contributed by atoms with E-state index in [1.807, 2.05) is 21.1 Å². The maximum absolute atomic E-state index is 12.9. The molecule has 472 valence electrons. The molecule has 2 unspecified atom stereocenters. The van der Waals surface area contributed by atoms with E-state index >= 15 is 0 Å². The van der Waals surface area contributed by atoms with Crippen molar-refractivity contribution in [2.24, 2.45) is 0 Å². The number of likely N-dealkylation sites (N-methyl/N-ethyl adjacent to an activating group) is 1. The van der Waals surface area contributed by atoms with E-state index in [0.717, 1.165) is 109 Å². The van der Waals surface area contributed by atoms with Gasteiger partial charge in [0.15, 0.2) is 6.10 Å². The van der Waals surface area contributed by atoms with Crippen molar-refractivity contribution in [2.75, 3.05) is 47.5 Å². The normalized spacial score (nSPS) is 13.6. The lowest BCUT2D eigenvalue weighted by Crippen LogP contribution is -2.40. The molecule has 0 aromatic carbocycles. The average molecular weight is 1160 g/mol. The number of hydrogen-bond acceptors (Lipinski definition) is 7. The Hall–Kier alpha value is -4.57. The van der Waals surface area contributed by atoms with Crippen molar-refractivity contribution in [3.05, 3.63) is 134 Å². The number of aliphatic carboxylic acids is 1. The summed E-state index contributed by atoms with van der Waals surface area (Å²) in [5.41, 5.74) is 0. The predicted octanol–water partition coefficient (Wildman–Crippen LogP) is 20.6. The number of allylic oxidation sites excluding steroid dienone is 22. The number of ether oxygens (including phenoxy) is 4. The number of carboxylic acid groups (broad SMARTS) is 1. The van der Waals surface area contributed by atoms with Gasteiger partial charge in [0.25, 0.3) is 6.29 Å². The molecule has 9 heteroatoms. The van der Waals surface area contributed by atoms with Crippen LogP contribution in [-0.4, -0.2) is 87.4 Å². The van der Waals surface area contributed by atoms with Gasteiger partial charge in [-0.15, -0.1) is 0 Å². The fourth-order valence-corrected chi connectivity index (χ4v) is 8.84. The third-order valence-corrected chi connectivity index (χ3v) is 13.9. The quantitative estimate of drug-likeness (QED) is 0.0211. The van der Waals surface area contributed by atoms with Gasteiger partial charge >= 0.3 is 17.9 Å². The molecule has 0 aliphatic heterocycles. The molecule has 2 atom stereocenters. The molecule has 0 spiro atoms. The van der Waals surface area contributed by atoms with Gasteiger partial charge in [-0.05, 0) is 96.3 Å². The number of carboxylic acids is 1. The molecule has 0 fully saturated rings. The van der Waals surface area contributed by atoms with Crippen LogP contribution in [0.2, 0.25) is 0 Å². The Kier molecular flexibility index (Phi) is 60.0. The van der Waals surface area contributed by atoms with Gasteiger partial charge in [0.1, 0.15) is 13.2 Å². The largest absolute Gasteiger partial charge is 0.477 e. The Balaban J connectivity index is 4.27. The fourth-order valence-electron chi connectivity index (χ4n) is 8.84. The van der Waals surface area contributed by atoms with Crippen molar-refractivity contribution in [2.45, 2.75) is 270 Å². The molecule has 0 saturated carbocycles. The Morgan fingerprint density at radius 1 is 0.373 bits per heavy atom. The van der Waals surface area contributed by atoms with E-state index < -0.39 is 24.3 Å². The van der Waals surface area contributed by atoms with Gasteiger partial charge in [-0.2, -0.15) is 0 Å². The molecule has 83 heavy (non-hydrogen) atoms. The van der Waals surface area contributed by atoms with Crippen molar-refractivity contribution in [1.29, 1.82) is 0 Å². The van der Waals surface area contributed by atoms with Gasteiger partial charge in [0.2, 0.25) is 0 Å². The van der Waals surface area contributed by atoms with E-state index in [1.54, 1.807) is 0 Å². The molecule has 0 saturated heterocycles. The van der Waals surface area contributed by atoms with E-state index in [1.165, 1.54) is 116 Å². The second-order valence-electron chi connectivity index (χ2n) is 23.1. The van der Waals surface area contributed by atoms with Crippen molar-refractivity contribution < 1.29 is 42.9 Å². The number of rotatable bonds is 60. The first-order valence-electron chi connectivity index (χ1n) is 33.3. The molecule has 0 radical (unpaired) electrons. The molecule has 0 bridgehead atoms. The van der Waals surface area contributed by atoms with Crippen molar-refractivity contribution in [3.8, 4) is 0 Å². The van der Waals surface area contributed by atoms with Crippen LogP contribution >= 0.6 is 0 Å². The smallest absolute Gasteiger partial charge is 0.361 e. The highest BCUT2D eigenvalue weighted by molar-refractivity contribution is 5.71. The summed E-state index contributed by atoms with van der Waals surface area (Å²) in [6.07, 6.45) is 88.4. The van der Waals surface area contributed by atoms with Crippen molar-refractivity contribution in [3.63, 3.8) is 0 Å². The van der Waals surface area contributed by atoms with Gasteiger partial charge < -0.3 is 28.5 Å².